The molecule has 0 aliphatic carbocycles. The second-order valence-electron chi connectivity index (χ2n) is 2.42. The Kier molecular flexibility index (Phi) is 49.2. The van der Waals surface area contributed by atoms with Gasteiger partial charge >= 0.3 is 0 Å². The van der Waals surface area contributed by atoms with Crippen LogP contribution in [0, 0.1) is 5.92 Å². The molecule has 0 bridgehead atoms. The lowest BCUT2D eigenvalue weighted by molar-refractivity contribution is 0.663. The van der Waals surface area contributed by atoms with Gasteiger partial charge < -0.3 is 0 Å². The van der Waals surface area contributed by atoms with Gasteiger partial charge in [0.1, 0.15) is 0 Å². The van der Waals surface area contributed by atoms with Crippen molar-refractivity contribution in [3.8, 4) is 0 Å². The van der Waals surface area contributed by atoms with Gasteiger partial charge in [0.2, 0.25) is 0 Å². The summed E-state index contributed by atoms with van der Waals surface area (Å²) >= 11 is 5.58. The molecular weight excluding hydrogens is 192 g/mol. The maximum atomic E-state index is 5.58. The highest BCUT2D eigenvalue weighted by molar-refractivity contribution is 6.29. The fourth-order valence-corrected chi connectivity index (χ4v) is 0.487. The van der Waals surface area contributed by atoms with Crippen molar-refractivity contribution < 1.29 is 0 Å². The smallest absolute Gasteiger partial charge is 0.0110 e. The Hall–Kier alpha value is -0.230. The molecule has 14 heavy (non-hydrogen) atoms. The van der Waals surface area contributed by atoms with E-state index in [9.17, 15) is 0 Å². The fraction of sp³-hybridized carbons (Fsp3) is 0.692. The molecule has 0 amide bonds. The monoisotopic (exact) mass is 220 g/mol. The van der Waals surface area contributed by atoms with Gasteiger partial charge in [0.05, 0.1) is 0 Å². The van der Waals surface area contributed by atoms with Crippen molar-refractivity contribution in [2.24, 2.45) is 5.92 Å². The summed E-state index contributed by atoms with van der Waals surface area (Å²) in [6, 6.07) is 0. The maximum absolute atomic E-state index is 5.58. The normalized spacial score (nSPS) is 8.50. The third kappa shape index (κ3) is 60.0. The first-order valence-electron chi connectivity index (χ1n) is 5.45. The summed E-state index contributed by atoms with van der Waals surface area (Å²) in [5.74, 6) is 0.726. The van der Waals surface area contributed by atoms with Crippen LogP contribution < -0.4 is 0 Å². The van der Waals surface area contributed by atoms with E-state index in [-0.39, 0.29) is 0 Å². The van der Waals surface area contributed by atoms with Crippen LogP contribution in [0.4, 0.5) is 0 Å². The largest absolute Gasteiger partial charge is 0.106 e. The predicted molar refractivity (Wildman–Crippen MR) is 73.0 cm³/mol. The average Bonchev–Trinajstić information content (AvgIpc) is 2.24. The molecule has 0 aliphatic rings. The van der Waals surface area contributed by atoms with Crippen molar-refractivity contribution in [2.45, 2.75) is 54.9 Å². The number of hydrogen-bond acceptors (Lipinski definition) is 0. The highest BCUT2D eigenvalue weighted by Gasteiger charge is 1.87. The highest BCUT2D eigenvalue weighted by Crippen LogP contribution is 2.05. The quantitative estimate of drug-likeness (QED) is 0.499. The lowest BCUT2D eigenvalue weighted by Gasteiger charge is -1.95. The molecule has 88 valence electrons. The zero-order chi connectivity index (χ0) is 12.6. The molecule has 0 radical (unpaired) electrons. The number of allylic oxidation sites excluding steroid dienone is 2. The van der Waals surface area contributed by atoms with Crippen molar-refractivity contribution in [3.63, 3.8) is 0 Å². The molecule has 0 saturated heterocycles. The summed E-state index contributed by atoms with van der Waals surface area (Å²) in [5.41, 5.74) is 0. The summed E-state index contributed by atoms with van der Waals surface area (Å²) < 4.78 is 0. The van der Waals surface area contributed by atoms with Gasteiger partial charge in [-0.05, 0) is 19.3 Å². The Morgan fingerprint density at radius 1 is 1.14 bits per heavy atom. The van der Waals surface area contributed by atoms with Gasteiger partial charge in [0.25, 0.3) is 0 Å². The van der Waals surface area contributed by atoms with Gasteiger partial charge in [0.15, 0.2) is 0 Å². The van der Waals surface area contributed by atoms with Gasteiger partial charge in [-0.25, -0.2) is 0 Å². The molecule has 0 heterocycles. The molecule has 0 aromatic carbocycles. The van der Waals surface area contributed by atoms with Crippen molar-refractivity contribution >= 4 is 11.6 Å². The maximum Gasteiger partial charge on any atom is 0.0110 e. The van der Waals surface area contributed by atoms with Crippen LogP contribution in [0.3, 0.4) is 0 Å². The molecule has 0 nitrogen and oxygen atoms in total. The van der Waals surface area contributed by atoms with Crippen LogP contribution in [0.15, 0.2) is 24.3 Å². The second kappa shape index (κ2) is 29.3. The van der Waals surface area contributed by atoms with Crippen molar-refractivity contribution in [3.05, 3.63) is 24.3 Å². The first-order chi connectivity index (χ1) is 6.63. The molecule has 0 spiro atoms. The molecule has 0 rings (SSSR count). The molecule has 0 aromatic heterocycles. The Bertz CT molecular complexity index is 89.4. The standard InChI is InChI=1S/C7H13Cl.2C2H6.C2H4/c1-6(2)4-5-7(3)8;3*1-2/h5-6H,4H2,1-3H3;2*1-2H3;1-2H2/b7-5+;;;. The van der Waals surface area contributed by atoms with Gasteiger partial charge in [-0.15, -0.1) is 13.2 Å². The Morgan fingerprint density at radius 3 is 1.50 bits per heavy atom. The molecule has 0 unspecified atom stereocenters. The van der Waals surface area contributed by atoms with E-state index in [0.29, 0.717) is 0 Å². The Labute approximate surface area is 97.1 Å². The Morgan fingerprint density at radius 2 is 1.43 bits per heavy atom. The minimum atomic E-state index is 0.726. The van der Waals surface area contributed by atoms with E-state index in [4.69, 9.17) is 11.6 Å². The van der Waals surface area contributed by atoms with Gasteiger partial charge in [-0.2, -0.15) is 0 Å². The number of hydrogen-bond donors (Lipinski definition) is 0. The van der Waals surface area contributed by atoms with E-state index in [1.165, 1.54) is 0 Å². The number of rotatable bonds is 2. The van der Waals surface area contributed by atoms with E-state index in [0.717, 1.165) is 17.4 Å². The van der Waals surface area contributed by atoms with E-state index in [2.05, 4.69) is 27.0 Å². The summed E-state index contributed by atoms with van der Waals surface area (Å²) in [6.07, 6.45) is 3.14. The molecule has 0 saturated carbocycles. The predicted octanol–water partition coefficient (Wildman–Crippen LogP) is 6.03. The first-order valence-corrected chi connectivity index (χ1v) is 5.83. The zero-order valence-electron chi connectivity index (χ0n) is 11.2. The fourth-order valence-electron chi connectivity index (χ4n) is 0.398. The van der Waals surface area contributed by atoms with E-state index in [1.807, 2.05) is 40.7 Å². The molecule has 0 aliphatic heterocycles. The van der Waals surface area contributed by atoms with Crippen LogP contribution in [-0.2, 0) is 0 Å². The van der Waals surface area contributed by atoms with E-state index in [1.54, 1.807) is 0 Å². The summed E-state index contributed by atoms with van der Waals surface area (Å²) in [7, 11) is 0. The van der Waals surface area contributed by atoms with Crippen molar-refractivity contribution in [1.29, 1.82) is 0 Å². The average molecular weight is 221 g/mol. The SMILES string of the molecule is C/C(Cl)=C\CC(C)C.C=C.CC.CC. The van der Waals surface area contributed by atoms with Crippen molar-refractivity contribution in [2.75, 3.05) is 0 Å². The summed E-state index contributed by atoms with van der Waals surface area (Å²) in [4.78, 5) is 0. The van der Waals surface area contributed by atoms with Crippen LogP contribution in [0.5, 0.6) is 0 Å². The van der Waals surface area contributed by atoms with Crippen LogP contribution in [-0.4, -0.2) is 0 Å². The summed E-state index contributed by atoms with van der Waals surface area (Å²) in [5, 5.41) is 0.902. The summed E-state index contributed by atoms with van der Waals surface area (Å²) in [6.45, 7) is 20.3. The first kappa shape index (κ1) is 23.5. The van der Waals surface area contributed by atoms with Crippen LogP contribution in [0.1, 0.15) is 54.9 Å². The minimum absolute atomic E-state index is 0.726. The molecule has 0 fully saturated rings. The molecule has 0 atom stereocenters. The van der Waals surface area contributed by atoms with E-state index < -0.39 is 0 Å². The molecular formula is C13H29Cl. The third-order valence-corrected chi connectivity index (χ3v) is 1.02. The third-order valence-electron chi connectivity index (χ3n) is 0.871. The minimum Gasteiger partial charge on any atom is -0.106 e. The topological polar surface area (TPSA) is 0 Å². The Balaban J connectivity index is -0.0000000708. The number of halogens is 1. The van der Waals surface area contributed by atoms with Crippen LogP contribution in [0.25, 0.3) is 0 Å². The highest BCUT2D eigenvalue weighted by atomic mass is 35.5. The lowest BCUT2D eigenvalue weighted by Crippen LogP contribution is -1.81. The second-order valence-corrected chi connectivity index (χ2v) is 3.02. The van der Waals surface area contributed by atoms with Gasteiger partial charge in [-0.3, -0.25) is 0 Å². The van der Waals surface area contributed by atoms with Gasteiger partial charge in [0, 0.05) is 5.03 Å². The van der Waals surface area contributed by atoms with Gasteiger partial charge in [-0.1, -0.05) is 59.2 Å². The molecule has 1 heteroatoms. The van der Waals surface area contributed by atoms with Crippen molar-refractivity contribution in [1.82, 2.24) is 0 Å². The van der Waals surface area contributed by atoms with Crippen LogP contribution >= 0.6 is 11.6 Å². The zero-order valence-corrected chi connectivity index (χ0v) is 11.9. The van der Waals surface area contributed by atoms with Crippen LogP contribution in [0.2, 0.25) is 0 Å². The van der Waals surface area contributed by atoms with E-state index >= 15 is 0 Å². The lowest BCUT2D eigenvalue weighted by atomic mass is 10.1. The molecule has 0 aromatic rings. The molecule has 0 N–H and O–H groups in total.